The van der Waals surface area contributed by atoms with Crippen LogP contribution in [0.4, 0.5) is 24.5 Å². The van der Waals surface area contributed by atoms with Crippen molar-refractivity contribution in [2.45, 2.75) is 26.4 Å². The molecule has 2 aromatic carbocycles. The highest BCUT2D eigenvalue weighted by molar-refractivity contribution is 6.31. The molecule has 0 saturated carbocycles. The largest absolute Gasteiger partial charge is 0.417 e. The van der Waals surface area contributed by atoms with Gasteiger partial charge in [-0.15, -0.1) is 0 Å². The number of rotatable bonds is 4. The molecule has 0 saturated heterocycles. The Morgan fingerprint density at radius 2 is 1.58 bits per heavy atom. The first-order valence-electron chi connectivity index (χ1n) is 7.60. The number of carbonyl (C=O) groups excluding carboxylic acids is 2. The fourth-order valence-corrected chi connectivity index (χ4v) is 2.59. The van der Waals surface area contributed by atoms with E-state index < -0.39 is 35.0 Å². The lowest BCUT2D eigenvalue weighted by Crippen LogP contribution is -2.22. The van der Waals surface area contributed by atoms with Crippen LogP contribution in [-0.2, 0) is 15.8 Å². The van der Waals surface area contributed by atoms with Gasteiger partial charge in [0, 0.05) is 11.4 Å². The molecule has 2 N–H and O–H groups in total. The standard InChI is InChI=1S/C18H16ClF3N2O2/c1-10-4-3-5-11(2)17(10)24-16(26)9-15(25)23-12-6-7-14(19)13(8-12)18(20,21)22/h3-8H,9H2,1-2H3,(H,23,25)(H,24,26). The van der Waals surface area contributed by atoms with Crippen LogP contribution >= 0.6 is 11.6 Å². The van der Waals surface area contributed by atoms with E-state index in [9.17, 15) is 22.8 Å². The molecule has 2 amide bonds. The van der Waals surface area contributed by atoms with Crippen LogP contribution in [0.1, 0.15) is 23.1 Å². The van der Waals surface area contributed by atoms with E-state index in [1.165, 1.54) is 6.07 Å². The highest BCUT2D eigenvalue weighted by Gasteiger charge is 2.33. The second-order valence-corrected chi connectivity index (χ2v) is 6.14. The fraction of sp³-hybridized carbons (Fsp3) is 0.222. The Morgan fingerprint density at radius 3 is 2.15 bits per heavy atom. The zero-order valence-electron chi connectivity index (χ0n) is 14.0. The van der Waals surface area contributed by atoms with Crippen molar-refractivity contribution in [1.82, 2.24) is 0 Å². The van der Waals surface area contributed by atoms with Gasteiger partial charge in [0.2, 0.25) is 11.8 Å². The fourth-order valence-electron chi connectivity index (χ4n) is 2.37. The summed E-state index contributed by atoms with van der Waals surface area (Å²) >= 11 is 5.52. The van der Waals surface area contributed by atoms with Crippen molar-refractivity contribution < 1.29 is 22.8 Å². The number of para-hydroxylation sites is 1. The molecule has 138 valence electrons. The van der Waals surface area contributed by atoms with Gasteiger partial charge in [-0.05, 0) is 43.2 Å². The lowest BCUT2D eigenvalue weighted by molar-refractivity contribution is -0.137. The van der Waals surface area contributed by atoms with E-state index >= 15 is 0 Å². The van der Waals surface area contributed by atoms with Crippen molar-refractivity contribution in [3.63, 3.8) is 0 Å². The van der Waals surface area contributed by atoms with Gasteiger partial charge in [0.1, 0.15) is 6.42 Å². The number of benzene rings is 2. The SMILES string of the molecule is Cc1cccc(C)c1NC(=O)CC(=O)Nc1ccc(Cl)c(C(F)(F)F)c1. The van der Waals surface area contributed by atoms with Gasteiger partial charge in [-0.25, -0.2) is 0 Å². The van der Waals surface area contributed by atoms with Gasteiger partial charge in [0.05, 0.1) is 10.6 Å². The summed E-state index contributed by atoms with van der Waals surface area (Å²) in [6.07, 6.45) is -5.17. The average Bonchev–Trinajstić information content (AvgIpc) is 2.51. The molecular formula is C18H16ClF3N2O2. The van der Waals surface area contributed by atoms with E-state index in [-0.39, 0.29) is 5.69 Å². The first kappa shape index (κ1) is 19.8. The Morgan fingerprint density at radius 1 is 1.00 bits per heavy atom. The minimum Gasteiger partial charge on any atom is -0.326 e. The van der Waals surface area contributed by atoms with Crippen molar-refractivity contribution in [2.75, 3.05) is 10.6 Å². The van der Waals surface area contributed by atoms with Gasteiger partial charge in [0.15, 0.2) is 0 Å². The second-order valence-electron chi connectivity index (χ2n) is 5.73. The van der Waals surface area contributed by atoms with Crippen LogP contribution in [0.2, 0.25) is 5.02 Å². The lowest BCUT2D eigenvalue weighted by atomic mass is 10.1. The van der Waals surface area contributed by atoms with Crippen molar-refractivity contribution in [1.29, 1.82) is 0 Å². The van der Waals surface area contributed by atoms with E-state index in [2.05, 4.69) is 10.6 Å². The lowest BCUT2D eigenvalue weighted by Gasteiger charge is -2.13. The van der Waals surface area contributed by atoms with E-state index in [1.807, 2.05) is 32.0 Å². The summed E-state index contributed by atoms with van der Waals surface area (Å²) in [5.41, 5.74) is 1.14. The molecule has 0 unspecified atom stereocenters. The third kappa shape index (κ3) is 4.98. The quantitative estimate of drug-likeness (QED) is 0.733. The molecule has 0 aromatic heterocycles. The van der Waals surface area contributed by atoms with Crippen LogP contribution in [0.25, 0.3) is 0 Å². The van der Waals surface area contributed by atoms with Crippen molar-refractivity contribution in [2.24, 2.45) is 0 Å². The summed E-state index contributed by atoms with van der Waals surface area (Å²) in [6, 6.07) is 8.47. The zero-order valence-corrected chi connectivity index (χ0v) is 14.8. The van der Waals surface area contributed by atoms with Crippen molar-refractivity contribution in [3.8, 4) is 0 Å². The Balaban J connectivity index is 2.04. The van der Waals surface area contributed by atoms with Gasteiger partial charge in [-0.2, -0.15) is 13.2 Å². The molecule has 0 aliphatic rings. The number of amides is 2. The van der Waals surface area contributed by atoms with Gasteiger partial charge < -0.3 is 10.6 Å². The maximum Gasteiger partial charge on any atom is 0.417 e. The minimum absolute atomic E-state index is 0.0911. The van der Waals surface area contributed by atoms with Crippen LogP contribution < -0.4 is 10.6 Å². The second kappa shape index (κ2) is 7.78. The van der Waals surface area contributed by atoms with Crippen molar-refractivity contribution in [3.05, 3.63) is 58.1 Å². The predicted molar refractivity (Wildman–Crippen MR) is 94.2 cm³/mol. The summed E-state index contributed by atoms with van der Waals surface area (Å²) < 4.78 is 38.5. The third-order valence-electron chi connectivity index (χ3n) is 3.62. The number of halogens is 4. The molecule has 26 heavy (non-hydrogen) atoms. The first-order chi connectivity index (χ1) is 12.1. The van der Waals surface area contributed by atoms with E-state index in [0.29, 0.717) is 5.69 Å². The highest BCUT2D eigenvalue weighted by Crippen LogP contribution is 2.36. The zero-order chi connectivity index (χ0) is 19.5. The highest BCUT2D eigenvalue weighted by atomic mass is 35.5. The van der Waals surface area contributed by atoms with Gasteiger partial charge in [-0.1, -0.05) is 29.8 Å². The summed E-state index contributed by atoms with van der Waals surface area (Å²) in [5, 5.41) is 4.44. The molecule has 0 bridgehead atoms. The van der Waals surface area contributed by atoms with Gasteiger partial charge >= 0.3 is 6.18 Å². The van der Waals surface area contributed by atoms with Crippen LogP contribution in [0.15, 0.2) is 36.4 Å². The summed E-state index contributed by atoms with van der Waals surface area (Å²) in [6.45, 7) is 3.63. The first-order valence-corrected chi connectivity index (χ1v) is 7.98. The molecule has 4 nitrogen and oxygen atoms in total. The minimum atomic E-state index is -4.64. The summed E-state index contributed by atoms with van der Waals surface area (Å²) in [5.74, 6) is -1.30. The van der Waals surface area contributed by atoms with Crippen LogP contribution in [-0.4, -0.2) is 11.8 Å². The average molecular weight is 385 g/mol. The third-order valence-corrected chi connectivity index (χ3v) is 3.95. The van der Waals surface area contributed by atoms with Gasteiger partial charge in [-0.3, -0.25) is 9.59 Å². The molecule has 0 atom stereocenters. The molecule has 0 heterocycles. The Labute approximate surface area is 153 Å². The molecule has 0 aliphatic heterocycles. The molecule has 0 fully saturated rings. The number of aryl methyl sites for hydroxylation is 2. The number of hydrogen-bond acceptors (Lipinski definition) is 2. The van der Waals surface area contributed by atoms with Crippen LogP contribution in [0.3, 0.4) is 0 Å². The van der Waals surface area contributed by atoms with E-state index in [0.717, 1.165) is 23.3 Å². The molecule has 0 aliphatic carbocycles. The smallest absolute Gasteiger partial charge is 0.326 e. The predicted octanol–water partition coefficient (Wildman–Crippen LogP) is 4.94. The topological polar surface area (TPSA) is 58.2 Å². The monoisotopic (exact) mass is 384 g/mol. The number of anilines is 2. The molecule has 2 aromatic rings. The van der Waals surface area contributed by atoms with Crippen LogP contribution in [0.5, 0.6) is 0 Å². The Bertz CT molecular complexity index is 831. The number of alkyl halides is 3. The normalized spacial score (nSPS) is 11.2. The van der Waals surface area contributed by atoms with E-state index in [4.69, 9.17) is 11.6 Å². The van der Waals surface area contributed by atoms with E-state index in [1.54, 1.807) is 0 Å². The number of carbonyl (C=O) groups is 2. The number of nitrogens with one attached hydrogen (secondary N) is 2. The van der Waals surface area contributed by atoms with Crippen molar-refractivity contribution >= 4 is 34.8 Å². The molecule has 0 radical (unpaired) electrons. The molecule has 8 heteroatoms. The van der Waals surface area contributed by atoms with Crippen LogP contribution in [0, 0.1) is 13.8 Å². The molecule has 2 rings (SSSR count). The summed E-state index contributed by atoms with van der Waals surface area (Å²) in [4.78, 5) is 24.0. The Hall–Kier alpha value is -2.54. The Kier molecular flexibility index (Phi) is 5.92. The van der Waals surface area contributed by atoms with Gasteiger partial charge in [0.25, 0.3) is 0 Å². The molecule has 0 spiro atoms. The summed E-state index contributed by atoms with van der Waals surface area (Å²) in [7, 11) is 0. The molecular weight excluding hydrogens is 369 g/mol. The maximum atomic E-state index is 12.8. The maximum absolute atomic E-state index is 12.8. The number of hydrogen-bond donors (Lipinski definition) is 2.